The summed E-state index contributed by atoms with van der Waals surface area (Å²) in [5, 5.41) is 15.9. The number of hydrogen-bond acceptors (Lipinski definition) is 10. The van der Waals surface area contributed by atoms with E-state index < -0.39 is 24.5 Å². The van der Waals surface area contributed by atoms with Gasteiger partial charge in [-0.05, 0) is 29.8 Å². The van der Waals surface area contributed by atoms with E-state index in [1.807, 2.05) is 12.1 Å². The third kappa shape index (κ3) is 6.55. The number of ether oxygens (including phenoxy) is 3. The molecule has 4 aromatic rings. The Morgan fingerprint density at radius 2 is 1.84 bits per heavy atom. The van der Waals surface area contributed by atoms with E-state index in [2.05, 4.69) is 30.3 Å². The number of nitrogens with one attached hydrogen (secondary N) is 1. The summed E-state index contributed by atoms with van der Waals surface area (Å²) in [6.07, 6.45) is -1.05. The molecule has 0 spiro atoms. The van der Waals surface area contributed by atoms with Crippen molar-refractivity contribution in [2.24, 2.45) is 11.0 Å². The van der Waals surface area contributed by atoms with Gasteiger partial charge >= 0.3 is 6.09 Å². The van der Waals surface area contributed by atoms with Crippen LogP contribution in [0.5, 0.6) is 5.88 Å². The first-order valence-corrected chi connectivity index (χ1v) is 13.5. The first kappa shape index (κ1) is 29.4. The molecule has 0 radical (unpaired) electrons. The zero-order chi connectivity index (χ0) is 30.3. The molecule has 5 rings (SSSR count). The van der Waals surface area contributed by atoms with Crippen LogP contribution < -0.4 is 15.0 Å². The maximum atomic E-state index is 13.7. The van der Waals surface area contributed by atoms with Crippen molar-refractivity contribution in [1.82, 2.24) is 19.5 Å². The Hall–Kier alpha value is -5.08. The second-order valence-electron chi connectivity index (χ2n) is 9.81. The lowest BCUT2D eigenvalue weighted by atomic mass is 10.2. The van der Waals surface area contributed by atoms with Gasteiger partial charge in [0.1, 0.15) is 19.1 Å². The number of nitrogens with zero attached hydrogens (tertiary/aromatic N) is 8. The average Bonchev–Trinajstić information content (AvgIpc) is 3.62. The number of hydrogen-bond donors (Lipinski definition) is 2. The summed E-state index contributed by atoms with van der Waals surface area (Å²) in [6, 6.07) is 17.9. The lowest BCUT2D eigenvalue weighted by molar-refractivity contribution is -0.118. The van der Waals surface area contributed by atoms with Gasteiger partial charge in [-0.2, -0.15) is 9.97 Å². The van der Waals surface area contributed by atoms with E-state index in [9.17, 15) is 14.7 Å². The summed E-state index contributed by atoms with van der Waals surface area (Å²) in [7, 11) is 0. The van der Waals surface area contributed by atoms with E-state index >= 15 is 0 Å². The molecule has 3 atom stereocenters. The van der Waals surface area contributed by atoms with E-state index in [-0.39, 0.29) is 54.6 Å². The molecule has 2 amide bonds. The molecule has 3 heterocycles. The van der Waals surface area contributed by atoms with Gasteiger partial charge < -0.3 is 19.3 Å². The van der Waals surface area contributed by atoms with Gasteiger partial charge in [0.05, 0.1) is 30.4 Å². The molecule has 1 aliphatic heterocycles. The van der Waals surface area contributed by atoms with Crippen molar-refractivity contribution >= 4 is 40.5 Å². The molecule has 1 saturated heterocycles. The topological polar surface area (TPSA) is 190 Å². The molecular formula is C28H29N9O6. The number of aromatic nitrogens is 4. The number of carbonyl (C=O) groups excluding carboxylic acids is 2. The van der Waals surface area contributed by atoms with E-state index in [0.717, 1.165) is 0 Å². The number of rotatable bonds is 10. The number of aliphatic hydroxyl groups is 1. The Morgan fingerprint density at radius 3 is 2.44 bits per heavy atom. The van der Waals surface area contributed by atoms with Crippen molar-refractivity contribution in [3.05, 3.63) is 77.4 Å². The molecule has 1 aliphatic rings. The number of amides is 2. The monoisotopic (exact) mass is 587 g/mol. The zero-order valence-corrected chi connectivity index (χ0v) is 23.3. The fraction of sp³-hybridized carbons (Fsp3) is 0.321. The van der Waals surface area contributed by atoms with E-state index in [4.69, 9.17) is 19.7 Å². The highest BCUT2D eigenvalue weighted by atomic mass is 16.6. The lowest BCUT2D eigenvalue weighted by Crippen LogP contribution is -2.29. The molecule has 0 bridgehead atoms. The number of para-hydroxylation sites is 2. The minimum atomic E-state index is -0.767. The molecule has 0 aliphatic carbocycles. The van der Waals surface area contributed by atoms with Gasteiger partial charge in [-0.1, -0.05) is 55.4 Å². The summed E-state index contributed by atoms with van der Waals surface area (Å²) >= 11 is 0. The number of anilines is 3. The molecule has 2 N–H and O–H groups in total. The maximum absolute atomic E-state index is 13.7. The van der Waals surface area contributed by atoms with Crippen LogP contribution in [0.3, 0.4) is 0 Å². The second-order valence-corrected chi connectivity index (χ2v) is 9.81. The molecule has 15 heteroatoms. The Morgan fingerprint density at radius 1 is 1.16 bits per heavy atom. The molecule has 1 fully saturated rings. The molecule has 15 nitrogen and oxygen atoms in total. The summed E-state index contributed by atoms with van der Waals surface area (Å²) in [5.41, 5.74) is 10.0. The third-order valence-electron chi connectivity index (χ3n) is 6.62. The molecular weight excluding hydrogens is 558 g/mol. The van der Waals surface area contributed by atoms with Crippen LogP contribution in [0.2, 0.25) is 0 Å². The van der Waals surface area contributed by atoms with Gasteiger partial charge in [0, 0.05) is 17.3 Å². The van der Waals surface area contributed by atoms with Crippen molar-refractivity contribution in [3.63, 3.8) is 0 Å². The Kier molecular flexibility index (Phi) is 9.08. The molecule has 0 saturated carbocycles. The highest BCUT2D eigenvalue weighted by molar-refractivity contribution is 5.98. The molecule has 222 valence electrons. The van der Waals surface area contributed by atoms with Crippen molar-refractivity contribution in [3.8, 4) is 5.88 Å². The standard InChI is InChI=1S/C28H29N9O6/c1-17(2)25(39)33-27-32-24-23(30-15-36(24)22-13-20(21(14-38)42-22)41-16-31-35-29)26(34-27)43-28(40)37(18-9-5-3-6-10-18)19-11-7-4-8-12-19/h3-12,15,17,20-22,38H,13-14,16H2,1-2H3,(H,32,33,34,39). The molecule has 3 unspecified atom stereocenters. The number of aliphatic hydroxyl groups excluding tert-OH is 1. The first-order valence-electron chi connectivity index (χ1n) is 13.5. The normalized spacial score (nSPS) is 17.9. The van der Waals surface area contributed by atoms with Gasteiger partial charge in [0.25, 0.3) is 5.88 Å². The van der Waals surface area contributed by atoms with Crippen molar-refractivity contribution in [1.29, 1.82) is 0 Å². The number of fused-ring (bicyclic) bond motifs is 1. The van der Waals surface area contributed by atoms with Gasteiger partial charge in [-0.25, -0.2) is 14.7 Å². The third-order valence-corrected chi connectivity index (χ3v) is 6.62. The average molecular weight is 588 g/mol. The Balaban J connectivity index is 1.52. The Labute approximate surface area is 245 Å². The van der Waals surface area contributed by atoms with Crippen molar-refractivity contribution < 1.29 is 28.9 Å². The minimum Gasteiger partial charge on any atom is -0.394 e. The van der Waals surface area contributed by atoms with Crippen LogP contribution in [0.4, 0.5) is 22.1 Å². The number of imidazole rings is 1. The van der Waals surface area contributed by atoms with Crippen LogP contribution in [-0.2, 0) is 14.3 Å². The first-order chi connectivity index (χ1) is 20.9. The van der Waals surface area contributed by atoms with Gasteiger partial charge in [0.15, 0.2) is 11.2 Å². The van der Waals surface area contributed by atoms with Crippen LogP contribution >= 0.6 is 0 Å². The van der Waals surface area contributed by atoms with Crippen LogP contribution in [0.1, 0.15) is 26.5 Å². The summed E-state index contributed by atoms with van der Waals surface area (Å²) in [4.78, 5) is 43.6. The highest BCUT2D eigenvalue weighted by Gasteiger charge is 2.38. The van der Waals surface area contributed by atoms with E-state index in [1.54, 1.807) is 66.9 Å². The van der Waals surface area contributed by atoms with E-state index in [0.29, 0.717) is 11.4 Å². The summed E-state index contributed by atoms with van der Waals surface area (Å²) in [5.74, 6) is -1.01. The quantitative estimate of drug-likeness (QED) is 0.151. The fourth-order valence-electron chi connectivity index (χ4n) is 4.49. The largest absolute Gasteiger partial charge is 0.425 e. The second kappa shape index (κ2) is 13.3. The molecule has 2 aromatic heterocycles. The van der Waals surface area contributed by atoms with Crippen LogP contribution in [0, 0.1) is 5.92 Å². The number of benzene rings is 2. The number of carbonyl (C=O) groups is 2. The van der Waals surface area contributed by atoms with Crippen LogP contribution in [0.15, 0.2) is 72.1 Å². The van der Waals surface area contributed by atoms with Gasteiger partial charge in [-0.3, -0.25) is 14.7 Å². The van der Waals surface area contributed by atoms with Gasteiger partial charge in [0.2, 0.25) is 11.9 Å². The lowest BCUT2D eigenvalue weighted by Gasteiger charge is -2.22. The van der Waals surface area contributed by atoms with Crippen molar-refractivity contribution in [2.75, 3.05) is 23.6 Å². The van der Waals surface area contributed by atoms with Gasteiger partial charge in [-0.15, -0.1) is 0 Å². The summed E-state index contributed by atoms with van der Waals surface area (Å²) < 4.78 is 19.0. The predicted molar refractivity (Wildman–Crippen MR) is 154 cm³/mol. The predicted octanol–water partition coefficient (Wildman–Crippen LogP) is 4.69. The molecule has 43 heavy (non-hydrogen) atoms. The maximum Gasteiger partial charge on any atom is 0.425 e. The fourth-order valence-corrected chi connectivity index (χ4v) is 4.49. The zero-order valence-electron chi connectivity index (χ0n) is 23.3. The van der Waals surface area contributed by atoms with Crippen LogP contribution in [0.25, 0.3) is 21.6 Å². The van der Waals surface area contributed by atoms with Crippen molar-refractivity contribution in [2.45, 2.75) is 38.7 Å². The van der Waals surface area contributed by atoms with E-state index in [1.165, 1.54) is 11.2 Å². The minimum absolute atomic E-state index is 0.102. The highest BCUT2D eigenvalue weighted by Crippen LogP contribution is 2.35. The van der Waals surface area contributed by atoms with Crippen LogP contribution in [-0.4, -0.2) is 62.2 Å². The number of azide groups is 1. The smallest absolute Gasteiger partial charge is 0.394 e. The SMILES string of the molecule is CC(C)C(=O)Nc1nc(OC(=O)N(c2ccccc2)c2ccccc2)c2ncn(C3CC(OCN=[N+]=[N-])C(CO)O3)c2n1. The summed E-state index contributed by atoms with van der Waals surface area (Å²) in [6.45, 7) is 2.86. The molecule has 2 aromatic carbocycles. The Bertz CT molecular complexity index is 1590.